The number of alkyl halides is 2. The molecule has 0 unspecified atom stereocenters. The number of para-hydroxylation sites is 1. The summed E-state index contributed by atoms with van der Waals surface area (Å²) >= 11 is 0. The Morgan fingerprint density at radius 3 is 2.28 bits per heavy atom. The number of hydrogen-bond donors (Lipinski definition) is 0. The normalized spacial score (nSPS) is 14.6. The average molecular weight is 405 g/mol. The molecule has 0 bridgehead atoms. The fraction of sp³-hybridized carbons (Fsp3) is 0.200. The second kappa shape index (κ2) is 8.59. The van der Waals surface area contributed by atoms with Gasteiger partial charge < -0.3 is 23.7 Å². The zero-order valence-corrected chi connectivity index (χ0v) is 15.8. The van der Waals surface area contributed by atoms with E-state index >= 15 is 0 Å². The van der Waals surface area contributed by atoms with Crippen LogP contribution in [0.2, 0.25) is 0 Å². The first-order valence-electron chi connectivity index (χ1n) is 8.33. The smallest absolute Gasteiger partial charge is 0.387 e. The molecule has 7 nitrogen and oxygen atoms in total. The molecule has 152 valence electrons. The predicted molar refractivity (Wildman–Crippen MR) is 99.8 cm³/mol. The Morgan fingerprint density at radius 1 is 0.966 bits per heavy atom. The van der Waals surface area contributed by atoms with E-state index in [1.807, 2.05) is 0 Å². The van der Waals surface area contributed by atoms with Gasteiger partial charge in [0.15, 0.2) is 17.2 Å². The van der Waals surface area contributed by atoms with E-state index < -0.39 is 12.6 Å². The lowest BCUT2D eigenvalue weighted by Crippen LogP contribution is -2.10. The molecule has 1 heterocycles. The summed E-state index contributed by atoms with van der Waals surface area (Å²) in [5.41, 5.74) is 0.570. The standard InChI is InChI=1S/C20H17F2NO6/c1-25-15-10-17(27-3)16(26-2)9-11(15)8-13-19(24)29-18(23-13)12-6-4-5-7-14(12)28-20(21)22/h4-10,20H,1-3H3/b13-8-. The van der Waals surface area contributed by atoms with Gasteiger partial charge in [0, 0.05) is 11.6 Å². The van der Waals surface area contributed by atoms with E-state index in [4.69, 9.17) is 18.9 Å². The van der Waals surface area contributed by atoms with Gasteiger partial charge in [0.2, 0.25) is 5.90 Å². The van der Waals surface area contributed by atoms with Crippen molar-refractivity contribution >= 4 is 17.9 Å². The molecule has 0 amide bonds. The first-order valence-corrected chi connectivity index (χ1v) is 8.33. The van der Waals surface area contributed by atoms with Crippen molar-refractivity contribution in [1.29, 1.82) is 0 Å². The lowest BCUT2D eigenvalue weighted by Gasteiger charge is -2.12. The summed E-state index contributed by atoms with van der Waals surface area (Å²) in [6.07, 6.45) is 1.44. The van der Waals surface area contributed by atoms with Crippen LogP contribution in [0, 0.1) is 0 Å². The van der Waals surface area contributed by atoms with E-state index in [9.17, 15) is 13.6 Å². The van der Waals surface area contributed by atoms with Crippen LogP contribution in [0.15, 0.2) is 47.1 Å². The van der Waals surface area contributed by atoms with Crippen molar-refractivity contribution in [3.63, 3.8) is 0 Å². The minimum atomic E-state index is -3.03. The summed E-state index contributed by atoms with van der Waals surface area (Å²) in [6, 6.07) is 9.11. The third-order valence-corrected chi connectivity index (χ3v) is 3.98. The number of carbonyl (C=O) groups excluding carboxylic acids is 1. The van der Waals surface area contributed by atoms with Crippen LogP contribution in [0.1, 0.15) is 11.1 Å². The van der Waals surface area contributed by atoms with E-state index in [1.165, 1.54) is 45.6 Å². The summed E-state index contributed by atoms with van der Waals surface area (Å²) in [4.78, 5) is 16.4. The number of aliphatic imine (C=N–C) groups is 1. The van der Waals surface area contributed by atoms with Gasteiger partial charge in [0.05, 0.1) is 26.9 Å². The molecule has 0 atom stereocenters. The van der Waals surface area contributed by atoms with E-state index in [0.29, 0.717) is 22.8 Å². The zero-order valence-electron chi connectivity index (χ0n) is 15.8. The molecule has 1 aliphatic rings. The van der Waals surface area contributed by atoms with E-state index in [1.54, 1.807) is 18.2 Å². The molecule has 0 aliphatic carbocycles. The van der Waals surface area contributed by atoms with Crippen molar-refractivity contribution in [2.45, 2.75) is 6.61 Å². The Hall–Kier alpha value is -3.62. The van der Waals surface area contributed by atoms with E-state index in [2.05, 4.69) is 9.73 Å². The van der Waals surface area contributed by atoms with Gasteiger partial charge in [-0.2, -0.15) is 8.78 Å². The van der Waals surface area contributed by atoms with Gasteiger partial charge >= 0.3 is 12.6 Å². The van der Waals surface area contributed by atoms with E-state index in [-0.39, 0.29) is 22.9 Å². The molecule has 0 spiro atoms. The Morgan fingerprint density at radius 2 is 1.62 bits per heavy atom. The number of halogens is 2. The molecular formula is C20H17F2NO6. The van der Waals surface area contributed by atoms with Crippen LogP contribution >= 0.6 is 0 Å². The molecular weight excluding hydrogens is 388 g/mol. The molecule has 0 saturated heterocycles. The lowest BCUT2D eigenvalue weighted by molar-refractivity contribution is -0.129. The number of rotatable bonds is 7. The van der Waals surface area contributed by atoms with Gasteiger partial charge in [0.25, 0.3) is 0 Å². The van der Waals surface area contributed by atoms with Crippen LogP contribution in [0.25, 0.3) is 6.08 Å². The Balaban J connectivity index is 2.02. The fourth-order valence-corrected chi connectivity index (χ4v) is 2.68. The Bertz CT molecular complexity index is 987. The maximum absolute atomic E-state index is 12.6. The van der Waals surface area contributed by atoms with Crippen LogP contribution in [-0.2, 0) is 9.53 Å². The van der Waals surface area contributed by atoms with Crippen molar-refractivity contribution in [1.82, 2.24) is 0 Å². The maximum atomic E-state index is 12.6. The minimum Gasteiger partial charge on any atom is -0.496 e. The molecule has 1 aliphatic heterocycles. The largest absolute Gasteiger partial charge is 0.496 e. The highest BCUT2D eigenvalue weighted by atomic mass is 19.3. The highest BCUT2D eigenvalue weighted by Crippen LogP contribution is 2.36. The molecule has 0 fully saturated rings. The van der Waals surface area contributed by atoms with Gasteiger partial charge in [0.1, 0.15) is 11.5 Å². The van der Waals surface area contributed by atoms with Crippen LogP contribution in [0.4, 0.5) is 8.78 Å². The molecule has 29 heavy (non-hydrogen) atoms. The van der Waals surface area contributed by atoms with E-state index in [0.717, 1.165) is 0 Å². The van der Waals surface area contributed by atoms with Gasteiger partial charge in [-0.25, -0.2) is 9.79 Å². The van der Waals surface area contributed by atoms with Crippen molar-refractivity contribution in [3.05, 3.63) is 53.2 Å². The molecule has 3 rings (SSSR count). The Labute approximate surface area is 165 Å². The number of methoxy groups -OCH3 is 3. The summed E-state index contributed by atoms with van der Waals surface area (Å²) in [6.45, 7) is -3.03. The molecule has 0 aromatic heterocycles. The van der Waals surface area contributed by atoms with Gasteiger partial charge in [-0.1, -0.05) is 12.1 Å². The lowest BCUT2D eigenvalue weighted by atomic mass is 10.1. The topological polar surface area (TPSA) is 75.6 Å². The highest BCUT2D eigenvalue weighted by Gasteiger charge is 2.27. The first-order chi connectivity index (χ1) is 14.0. The minimum absolute atomic E-state index is 0.0441. The molecule has 9 heteroatoms. The number of cyclic esters (lactones) is 1. The molecule has 2 aromatic carbocycles. The van der Waals surface area contributed by atoms with Gasteiger partial charge in [-0.05, 0) is 24.3 Å². The fourth-order valence-electron chi connectivity index (χ4n) is 2.68. The third-order valence-electron chi connectivity index (χ3n) is 3.98. The molecule has 2 aromatic rings. The summed E-state index contributed by atoms with van der Waals surface area (Å²) in [7, 11) is 4.42. The maximum Gasteiger partial charge on any atom is 0.387 e. The van der Waals surface area contributed by atoms with Crippen molar-refractivity contribution in [2.24, 2.45) is 4.99 Å². The monoisotopic (exact) mass is 405 g/mol. The second-order valence-electron chi connectivity index (χ2n) is 5.66. The number of carbonyl (C=O) groups is 1. The molecule has 0 saturated carbocycles. The number of hydrogen-bond acceptors (Lipinski definition) is 7. The SMILES string of the molecule is COc1cc(OC)c(OC)cc1/C=C1\N=C(c2ccccc2OC(F)F)OC1=O. The van der Waals surface area contributed by atoms with Gasteiger partial charge in [-0.15, -0.1) is 0 Å². The third kappa shape index (κ3) is 4.29. The predicted octanol–water partition coefficient (Wildman–Crippen LogP) is 3.66. The number of ether oxygens (including phenoxy) is 5. The second-order valence-corrected chi connectivity index (χ2v) is 5.66. The van der Waals surface area contributed by atoms with Crippen molar-refractivity contribution < 1.29 is 37.3 Å². The van der Waals surface area contributed by atoms with Crippen molar-refractivity contribution in [3.8, 4) is 23.0 Å². The van der Waals surface area contributed by atoms with Crippen LogP contribution in [0.5, 0.6) is 23.0 Å². The highest BCUT2D eigenvalue weighted by molar-refractivity contribution is 6.13. The zero-order chi connectivity index (χ0) is 21.0. The molecule has 0 N–H and O–H groups in total. The van der Waals surface area contributed by atoms with Crippen LogP contribution in [0.3, 0.4) is 0 Å². The number of nitrogens with zero attached hydrogens (tertiary/aromatic N) is 1. The number of benzene rings is 2. The molecule has 0 radical (unpaired) electrons. The van der Waals surface area contributed by atoms with Crippen molar-refractivity contribution in [2.75, 3.05) is 21.3 Å². The summed E-state index contributed by atoms with van der Waals surface area (Å²) < 4.78 is 50.7. The van der Waals surface area contributed by atoms with Crippen LogP contribution < -0.4 is 18.9 Å². The summed E-state index contributed by atoms with van der Waals surface area (Å²) in [5.74, 6) is 0.238. The average Bonchev–Trinajstić information content (AvgIpc) is 3.07. The van der Waals surface area contributed by atoms with Crippen LogP contribution in [-0.4, -0.2) is 39.8 Å². The Kier molecular flexibility index (Phi) is 5.96. The first kappa shape index (κ1) is 20.1. The summed E-state index contributed by atoms with van der Waals surface area (Å²) in [5, 5.41) is 0. The quantitative estimate of drug-likeness (QED) is 0.517. The van der Waals surface area contributed by atoms with Gasteiger partial charge in [-0.3, -0.25) is 0 Å². The number of esters is 1.